The van der Waals surface area contributed by atoms with Crippen molar-refractivity contribution >= 4 is 17.6 Å². The van der Waals surface area contributed by atoms with Gasteiger partial charge in [-0.3, -0.25) is 4.79 Å². The number of aromatic carboxylic acids is 1. The lowest BCUT2D eigenvalue weighted by Gasteiger charge is -2.13. The highest BCUT2D eigenvalue weighted by Gasteiger charge is 2.17. The van der Waals surface area contributed by atoms with Gasteiger partial charge in [0.15, 0.2) is 0 Å². The Morgan fingerprint density at radius 3 is 2.80 bits per heavy atom. The third-order valence-corrected chi connectivity index (χ3v) is 2.67. The van der Waals surface area contributed by atoms with Crippen molar-refractivity contribution in [1.82, 2.24) is 0 Å². The fraction of sp³-hybridized carbons (Fsp3) is 0.385. The summed E-state index contributed by atoms with van der Waals surface area (Å²) in [4.78, 5) is 22.8. The van der Waals surface area contributed by atoms with Gasteiger partial charge in [0.1, 0.15) is 5.82 Å². The maximum atomic E-state index is 13.0. The van der Waals surface area contributed by atoms with Crippen LogP contribution in [0.5, 0.6) is 0 Å². The smallest absolute Gasteiger partial charge is 0.337 e. The molecule has 20 heavy (non-hydrogen) atoms. The van der Waals surface area contributed by atoms with E-state index in [2.05, 4.69) is 5.32 Å². The molecule has 1 aromatic carbocycles. The molecule has 1 amide bonds. The normalized spacial score (nSPS) is 11.9. The van der Waals surface area contributed by atoms with Crippen molar-refractivity contribution in [2.24, 2.45) is 5.73 Å². The SMILES string of the molecule is COCCCC(N)C(=O)Nc1ccc(F)cc1C(=O)O. The fourth-order valence-corrected chi connectivity index (χ4v) is 1.61. The first-order valence-electron chi connectivity index (χ1n) is 6.04. The summed E-state index contributed by atoms with van der Waals surface area (Å²) in [6.45, 7) is 0.484. The third kappa shape index (κ3) is 4.60. The molecule has 4 N–H and O–H groups in total. The molecule has 0 aliphatic carbocycles. The second-order valence-electron chi connectivity index (χ2n) is 4.23. The van der Waals surface area contributed by atoms with E-state index in [1.54, 1.807) is 7.11 Å². The number of carbonyl (C=O) groups is 2. The molecule has 1 rings (SSSR count). The van der Waals surface area contributed by atoms with E-state index < -0.39 is 23.7 Å². The maximum absolute atomic E-state index is 13.0. The van der Waals surface area contributed by atoms with Crippen molar-refractivity contribution in [1.29, 1.82) is 0 Å². The Kier molecular flexibility index (Phi) is 6.08. The summed E-state index contributed by atoms with van der Waals surface area (Å²) in [5.41, 5.74) is 5.38. The van der Waals surface area contributed by atoms with Crippen molar-refractivity contribution in [2.75, 3.05) is 19.0 Å². The Labute approximate surface area is 115 Å². The van der Waals surface area contributed by atoms with E-state index >= 15 is 0 Å². The van der Waals surface area contributed by atoms with E-state index in [4.69, 9.17) is 15.6 Å². The topological polar surface area (TPSA) is 102 Å². The summed E-state index contributed by atoms with van der Waals surface area (Å²) in [6.07, 6.45) is 1.02. The number of halogens is 1. The van der Waals surface area contributed by atoms with Crippen LogP contribution in [0.3, 0.4) is 0 Å². The van der Waals surface area contributed by atoms with Crippen molar-refractivity contribution in [3.8, 4) is 0 Å². The van der Waals surface area contributed by atoms with Crippen LogP contribution in [0.1, 0.15) is 23.2 Å². The number of carbonyl (C=O) groups excluding carboxylic acids is 1. The van der Waals surface area contributed by atoms with Crippen LogP contribution in [-0.2, 0) is 9.53 Å². The molecule has 1 atom stereocenters. The predicted octanol–water partition coefficient (Wildman–Crippen LogP) is 1.22. The Morgan fingerprint density at radius 1 is 1.50 bits per heavy atom. The van der Waals surface area contributed by atoms with Gasteiger partial charge in [0.05, 0.1) is 17.3 Å². The lowest BCUT2D eigenvalue weighted by molar-refractivity contribution is -0.117. The van der Waals surface area contributed by atoms with Gasteiger partial charge in [0, 0.05) is 13.7 Å². The van der Waals surface area contributed by atoms with Gasteiger partial charge in [-0.15, -0.1) is 0 Å². The minimum Gasteiger partial charge on any atom is -0.478 e. The first-order chi connectivity index (χ1) is 9.45. The summed E-state index contributed by atoms with van der Waals surface area (Å²) in [6, 6.07) is 2.32. The van der Waals surface area contributed by atoms with Gasteiger partial charge in [-0.05, 0) is 31.0 Å². The minimum absolute atomic E-state index is 0.0195. The Balaban J connectivity index is 2.72. The standard InChI is InChI=1S/C13H17FN2O4/c1-20-6-2-3-10(15)12(17)16-11-5-4-8(14)7-9(11)13(18)19/h4-5,7,10H,2-3,6,15H2,1H3,(H,16,17)(H,18,19). The van der Waals surface area contributed by atoms with Crippen LogP contribution < -0.4 is 11.1 Å². The molecular formula is C13H17FN2O4. The van der Waals surface area contributed by atoms with E-state index in [1.807, 2.05) is 0 Å². The van der Waals surface area contributed by atoms with Gasteiger partial charge in [0.25, 0.3) is 0 Å². The Bertz CT molecular complexity index is 493. The molecule has 0 aromatic heterocycles. The van der Waals surface area contributed by atoms with Gasteiger partial charge < -0.3 is 20.9 Å². The summed E-state index contributed by atoms with van der Waals surface area (Å²) < 4.78 is 17.8. The van der Waals surface area contributed by atoms with Gasteiger partial charge >= 0.3 is 5.97 Å². The predicted molar refractivity (Wildman–Crippen MR) is 71.1 cm³/mol. The molecule has 1 aromatic rings. The quantitative estimate of drug-likeness (QED) is 0.653. The summed E-state index contributed by atoms with van der Waals surface area (Å²) in [5, 5.41) is 11.3. The molecule has 0 fully saturated rings. The number of carboxylic acids is 1. The van der Waals surface area contributed by atoms with E-state index in [0.717, 1.165) is 12.1 Å². The first kappa shape index (κ1) is 16.1. The zero-order valence-electron chi connectivity index (χ0n) is 11.1. The molecule has 0 saturated carbocycles. The minimum atomic E-state index is -1.33. The van der Waals surface area contributed by atoms with Crippen LogP contribution in [0.2, 0.25) is 0 Å². The number of amides is 1. The van der Waals surface area contributed by atoms with Crippen molar-refractivity contribution in [3.05, 3.63) is 29.6 Å². The zero-order valence-corrected chi connectivity index (χ0v) is 11.1. The van der Waals surface area contributed by atoms with Crippen LogP contribution in [0.25, 0.3) is 0 Å². The molecule has 0 aliphatic heterocycles. The van der Waals surface area contributed by atoms with Crippen LogP contribution >= 0.6 is 0 Å². The van der Waals surface area contributed by atoms with E-state index in [0.29, 0.717) is 19.4 Å². The highest BCUT2D eigenvalue weighted by molar-refractivity contribution is 6.02. The number of hydrogen-bond acceptors (Lipinski definition) is 4. The number of ether oxygens (including phenoxy) is 1. The Morgan fingerprint density at radius 2 is 2.20 bits per heavy atom. The average molecular weight is 284 g/mol. The molecule has 110 valence electrons. The number of anilines is 1. The van der Waals surface area contributed by atoms with Crippen molar-refractivity contribution < 1.29 is 23.8 Å². The van der Waals surface area contributed by atoms with Crippen molar-refractivity contribution in [2.45, 2.75) is 18.9 Å². The maximum Gasteiger partial charge on any atom is 0.337 e. The van der Waals surface area contributed by atoms with Crippen molar-refractivity contribution in [3.63, 3.8) is 0 Å². The number of rotatable bonds is 7. The molecule has 0 radical (unpaired) electrons. The largest absolute Gasteiger partial charge is 0.478 e. The number of nitrogens with one attached hydrogen (secondary N) is 1. The Hall–Kier alpha value is -1.99. The molecule has 0 heterocycles. The second-order valence-corrected chi connectivity index (χ2v) is 4.23. The summed E-state index contributed by atoms with van der Waals surface area (Å²) in [5.74, 6) is -2.53. The molecular weight excluding hydrogens is 267 g/mol. The highest BCUT2D eigenvalue weighted by Crippen LogP contribution is 2.17. The van der Waals surface area contributed by atoms with Gasteiger partial charge in [-0.2, -0.15) is 0 Å². The molecule has 0 saturated heterocycles. The first-order valence-corrected chi connectivity index (χ1v) is 6.04. The monoisotopic (exact) mass is 284 g/mol. The molecule has 1 unspecified atom stereocenters. The lowest BCUT2D eigenvalue weighted by atomic mass is 10.1. The van der Waals surface area contributed by atoms with Gasteiger partial charge in [-0.1, -0.05) is 0 Å². The van der Waals surface area contributed by atoms with E-state index in [9.17, 15) is 14.0 Å². The number of carboxylic acid groups (broad SMARTS) is 1. The molecule has 6 nitrogen and oxygen atoms in total. The fourth-order valence-electron chi connectivity index (χ4n) is 1.61. The molecule has 7 heteroatoms. The zero-order chi connectivity index (χ0) is 15.1. The average Bonchev–Trinajstić information content (AvgIpc) is 2.40. The van der Waals surface area contributed by atoms with E-state index in [1.165, 1.54) is 6.07 Å². The number of methoxy groups -OCH3 is 1. The highest BCUT2D eigenvalue weighted by atomic mass is 19.1. The van der Waals surface area contributed by atoms with Crippen LogP contribution in [0.15, 0.2) is 18.2 Å². The number of nitrogens with two attached hydrogens (primary N) is 1. The summed E-state index contributed by atoms with van der Waals surface area (Å²) in [7, 11) is 1.54. The summed E-state index contributed by atoms with van der Waals surface area (Å²) >= 11 is 0. The van der Waals surface area contributed by atoms with Crippen LogP contribution in [-0.4, -0.2) is 36.7 Å². The van der Waals surface area contributed by atoms with Gasteiger partial charge in [0.2, 0.25) is 5.91 Å². The molecule has 0 bridgehead atoms. The molecule has 0 aliphatic rings. The number of hydrogen-bond donors (Lipinski definition) is 3. The van der Waals surface area contributed by atoms with Crippen LogP contribution in [0.4, 0.5) is 10.1 Å². The second kappa shape index (κ2) is 7.56. The molecule has 0 spiro atoms. The third-order valence-electron chi connectivity index (χ3n) is 2.67. The lowest BCUT2D eigenvalue weighted by Crippen LogP contribution is -2.36. The number of benzene rings is 1. The van der Waals surface area contributed by atoms with Gasteiger partial charge in [-0.25, -0.2) is 9.18 Å². The van der Waals surface area contributed by atoms with Crippen LogP contribution in [0, 0.1) is 5.82 Å². The van der Waals surface area contributed by atoms with E-state index in [-0.39, 0.29) is 11.3 Å².